The number of carbonyl (C=O) groups is 1. The molecule has 1 aliphatic heterocycles. The van der Waals surface area contributed by atoms with Crippen LogP contribution in [0.25, 0.3) is 17.0 Å². The summed E-state index contributed by atoms with van der Waals surface area (Å²) < 4.78 is 11.0. The number of carbonyl (C=O) groups excluding carboxylic acids is 1. The number of hydrogen-bond donors (Lipinski definition) is 1. The van der Waals surface area contributed by atoms with E-state index < -0.39 is 6.04 Å². The van der Waals surface area contributed by atoms with Crippen LogP contribution in [0.2, 0.25) is 0 Å². The van der Waals surface area contributed by atoms with Crippen molar-refractivity contribution in [3.63, 3.8) is 0 Å². The molecule has 0 bridgehead atoms. The fraction of sp³-hybridized carbons (Fsp3) is 0.222. The maximum absolute atomic E-state index is 13.2. The van der Waals surface area contributed by atoms with Gasteiger partial charge in [0.25, 0.3) is 5.89 Å². The van der Waals surface area contributed by atoms with E-state index in [4.69, 9.17) is 14.2 Å². The minimum Gasteiger partial charge on any atom is -0.497 e. The highest BCUT2D eigenvalue weighted by Crippen LogP contribution is 2.37. The Labute approximate surface area is 208 Å². The van der Waals surface area contributed by atoms with Gasteiger partial charge in [-0.05, 0) is 61.5 Å². The first-order valence-electron chi connectivity index (χ1n) is 11.4. The van der Waals surface area contributed by atoms with Gasteiger partial charge in [-0.2, -0.15) is 4.98 Å². The zero-order chi connectivity index (χ0) is 24.4. The van der Waals surface area contributed by atoms with Crippen molar-refractivity contribution < 1.29 is 14.1 Å². The van der Waals surface area contributed by atoms with E-state index in [1.54, 1.807) is 23.3 Å². The average Bonchev–Trinajstić information content (AvgIpc) is 3.57. The molecule has 8 heteroatoms. The molecule has 5 rings (SSSR count). The number of aromatic nitrogens is 2. The Bertz CT molecular complexity index is 1340. The maximum Gasteiger partial charge on any atom is 0.322 e. The summed E-state index contributed by atoms with van der Waals surface area (Å²) >= 11 is 1.69. The molecule has 0 fully saturated rings. The fourth-order valence-electron chi connectivity index (χ4n) is 4.20. The number of aryl methyl sites for hydroxylation is 1. The zero-order valence-electron chi connectivity index (χ0n) is 19.8. The lowest BCUT2D eigenvalue weighted by molar-refractivity contribution is 0.205. The lowest BCUT2D eigenvalue weighted by atomic mass is 9.94. The van der Waals surface area contributed by atoms with Gasteiger partial charge in [-0.25, -0.2) is 4.79 Å². The number of ether oxygens (including phenoxy) is 1. The Morgan fingerprint density at radius 2 is 1.86 bits per heavy atom. The lowest BCUT2D eigenvalue weighted by Gasteiger charge is -2.35. The number of methoxy groups -OCH3 is 1. The van der Waals surface area contributed by atoms with E-state index in [0.29, 0.717) is 18.3 Å². The monoisotopic (exact) mass is 486 g/mol. The molecule has 178 valence electrons. The minimum absolute atomic E-state index is 0.136. The van der Waals surface area contributed by atoms with E-state index in [2.05, 4.69) is 16.5 Å². The third kappa shape index (κ3) is 4.70. The summed E-state index contributed by atoms with van der Waals surface area (Å²) in [5, 5.41) is 9.45. The van der Waals surface area contributed by atoms with Gasteiger partial charge in [-0.3, -0.25) is 4.90 Å². The molecule has 7 nitrogen and oxygen atoms in total. The Balaban J connectivity index is 1.53. The second kappa shape index (κ2) is 9.76. The van der Waals surface area contributed by atoms with Crippen LogP contribution in [-0.4, -0.2) is 34.7 Å². The molecule has 1 atom stereocenters. The number of allylic oxidation sites excluding steroid dienone is 1. The molecule has 0 radical (unpaired) electrons. The summed E-state index contributed by atoms with van der Waals surface area (Å²) in [5.41, 5.74) is 4.53. The molecule has 0 spiro atoms. The summed E-state index contributed by atoms with van der Waals surface area (Å²) in [4.78, 5) is 20.9. The van der Waals surface area contributed by atoms with E-state index >= 15 is 0 Å². The largest absolute Gasteiger partial charge is 0.497 e. The van der Waals surface area contributed by atoms with Gasteiger partial charge in [0.1, 0.15) is 5.75 Å². The summed E-state index contributed by atoms with van der Waals surface area (Å²) in [7, 11) is 1.63. The number of rotatable bonds is 7. The van der Waals surface area contributed by atoms with Crippen LogP contribution >= 0.6 is 11.3 Å². The molecule has 0 aliphatic carbocycles. The zero-order valence-corrected chi connectivity index (χ0v) is 20.6. The maximum atomic E-state index is 13.2. The molecule has 2 amide bonds. The van der Waals surface area contributed by atoms with Crippen LogP contribution in [0.1, 0.15) is 34.9 Å². The molecule has 35 heavy (non-hydrogen) atoms. The van der Waals surface area contributed by atoms with E-state index in [0.717, 1.165) is 40.1 Å². The van der Waals surface area contributed by atoms with Crippen LogP contribution < -0.4 is 10.1 Å². The van der Waals surface area contributed by atoms with Crippen molar-refractivity contribution in [1.82, 2.24) is 20.4 Å². The topological polar surface area (TPSA) is 80.5 Å². The van der Waals surface area contributed by atoms with Gasteiger partial charge in [0.2, 0.25) is 5.82 Å². The summed E-state index contributed by atoms with van der Waals surface area (Å²) in [6, 6.07) is 19.2. The van der Waals surface area contributed by atoms with Crippen molar-refractivity contribution >= 4 is 22.9 Å². The number of thiophene rings is 1. The van der Waals surface area contributed by atoms with Crippen LogP contribution in [0, 0.1) is 6.92 Å². The number of nitrogens with zero attached hydrogens (tertiary/aromatic N) is 3. The van der Waals surface area contributed by atoms with Crippen LogP contribution in [0.5, 0.6) is 5.75 Å². The number of benzene rings is 2. The van der Waals surface area contributed by atoms with Crippen LogP contribution in [0.3, 0.4) is 0 Å². The highest BCUT2D eigenvalue weighted by atomic mass is 32.1. The lowest BCUT2D eigenvalue weighted by Crippen LogP contribution is -2.46. The number of amides is 2. The highest BCUT2D eigenvalue weighted by molar-refractivity contribution is 7.09. The standard InChI is InChI=1S/C27H26N4O3S/c1-17-6-8-19(9-7-17)24-23(18(2)31(27(32)28-24)15-14-22-5-4-16-35-22)26-29-25(30-34-26)20-10-12-21(33-3)13-11-20/h4-13,16,24H,14-15H2,1-3H3,(H,28,32). The molecule has 0 saturated heterocycles. The van der Waals surface area contributed by atoms with Crippen molar-refractivity contribution in [2.45, 2.75) is 26.3 Å². The third-order valence-corrected chi connectivity index (χ3v) is 7.11. The normalized spacial score (nSPS) is 15.9. The smallest absolute Gasteiger partial charge is 0.322 e. The Hall–Kier alpha value is -3.91. The first-order valence-corrected chi connectivity index (χ1v) is 12.3. The second-order valence-corrected chi connectivity index (χ2v) is 9.46. The molecule has 1 aliphatic rings. The predicted molar refractivity (Wildman–Crippen MR) is 136 cm³/mol. The first kappa shape index (κ1) is 22.9. The summed E-state index contributed by atoms with van der Waals surface area (Å²) in [6.07, 6.45) is 0.770. The average molecular weight is 487 g/mol. The number of nitrogens with one attached hydrogen (secondary N) is 1. The molecular formula is C27H26N4O3S. The fourth-order valence-corrected chi connectivity index (χ4v) is 4.90. The summed E-state index contributed by atoms with van der Waals surface area (Å²) in [5.74, 6) is 1.62. The Morgan fingerprint density at radius 3 is 2.54 bits per heavy atom. The van der Waals surface area contributed by atoms with Gasteiger partial charge in [0, 0.05) is 22.7 Å². The van der Waals surface area contributed by atoms with Crippen LogP contribution in [0.4, 0.5) is 4.79 Å². The van der Waals surface area contributed by atoms with Crippen LogP contribution in [0.15, 0.2) is 76.3 Å². The van der Waals surface area contributed by atoms with Crippen molar-refractivity contribution in [2.75, 3.05) is 13.7 Å². The molecule has 3 heterocycles. The van der Waals surface area contributed by atoms with Crippen LogP contribution in [-0.2, 0) is 6.42 Å². The van der Waals surface area contributed by atoms with E-state index in [9.17, 15) is 4.79 Å². The molecule has 2 aromatic carbocycles. The molecule has 2 aromatic heterocycles. The quantitative estimate of drug-likeness (QED) is 0.354. The van der Waals surface area contributed by atoms with Gasteiger partial charge in [-0.1, -0.05) is 41.1 Å². The van der Waals surface area contributed by atoms with E-state index in [1.165, 1.54) is 4.88 Å². The second-order valence-electron chi connectivity index (χ2n) is 8.42. The van der Waals surface area contributed by atoms with Gasteiger partial charge in [-0.15, -0.1) is 11.3 Å². The molecular weight excluding hydrogens is 460 g/mol. The minimum atomic E-state index is -0.398. The highest BCUT2D eigenvalue weighted by Gasteiger charge is 2.35. The van der Waals surface area contributed by atoms with Gasteiger partial charge >= 0.3 is 6.03 Å². The van der Waals surface area contributed by atoms with E-state index in [-0.39, 0.29) is 6.03 Å². The van der Waals surface area contributed by atoms with Crippen molar-refractivity contribution in [1.29, 1.82) is 0 Å². The molecule has 1 N–H and O–H groups in total. The van der Waals surface area contributed by atoms with E-state index in [1.807, 2.05) is 73.8 Å². The SMILES string of the molecule is COc1ccc(-c2noc(C3=C(C)N(CCc4cccs4)C(=O)NC3c3ccc(C)cc3)n2)cc1. The molecule has 0 saturated carbocycles. The van der Waals surface area contributed by atoms with Gasteiger partial charge < -0.3 is 14.6 Å². The molecule has 4 aromatic rings. The first-order chi connectivity index (χ1) is 17.0. The van der Waals surface area contributed by atoms with Gasteiger partial charge in [0.15, 0.2) is 0 Å². The number of hydrogen-bond acceptors (Lipinski definition) is 6. The Kier molecular flexibility index (Phi) is 6.37. The van der Waals surface area contributed by atoms with Gasteiger partial charge in [0.05, 0.1) is 18.7 Å². The number of urea groups is 1. The van der Waals surface area contributed by atoms with Crippen molar-refractivity contribution in [3.05, 3.63) is 93.6 Å². The summed E-state index contributed by atoms with van der Waals surface area (Å²) in [6.45, 7) is 4.54. The van der Waals surface area contributed by atoms with Crippen molar-refractivity contribution in [3.8, 4) is 17.1 Å². The van der Waals surface area contributed by atoms with Crippen molar-refractivity contribution in [2.24, 2.45) is 0 Å². The molecule has 1 unspecified atom stereocenters. The Morgan fingerprint density at radius 1 is 1.09 bits per heavy atom. The third-order valence-electron chi connectivity index (χ3n) is 6.17. The predicted octanol–water partition coefficient (Wildman–Crippen LogP) is 5.86.